The Bertz CT molecular complexity index is 655. The highest BCUT2D eigenvalue weighted by molar-refractivity contribution is 9.10. The number of pyridine rings is 1. The number of nitrogens with one attached hydrogen (secondary N) is 1. The van der Waals surface area contributed by atoms with E-state index >= 15 is 0 Å². The molecule has 0 aliphatic carbocycles. The summed E-state index contributed by atoms with van der Waals surface area (Å²) in [6.07, 6.45) is 1.65. The summed E-state index contributed by atoms with van der Waals surface area (Å²) in [6, 6.07) is 11.5. The molecule has 0 spiro atoms. The van der Waals surface area contributed by atoms with Crippen molar-refractivity contribution in [1.82, 2.24) is 9.88 Å². The number of carbonyl (C=O) groups excluding carboxylic acids is 1. The van der Waals surface area contributed by atoms with Crippen LogP contribution in [0.15, 0.2) is 47.1 Å². The summed E-state index contributed by atoms with van der Waals surface area (Å²) in [5, 5.41) is 3.27. The van der Waals surface area contributed by atoms with Gasteiger partial charge in [-0.1, -0.05) is 15.9 Å². The van der Waals surface area contributed by atoms with Crippen LogP contribution < -0.4 is 5.32 Å². The van der Waals surface area contributed by atoms with E-state index in [4.69, 9.17) is 4.74 Å². The van der Waals surface area contributed by atoms with Gasteiger partial charge in [0, 0.05) is 35.1 Å². The standard InChI is InChI=1S/C16H16BrN3O2/c17-12-1-3-13(4-2-12)19-14-5-6-18-15(11-14)16(21)20-7-9-22-10-8-20/h1-6,11H,7-10H2,(H,18,19). The Morgan fingerprint density at radius 3 is 2.59 bits per heavy atom. The fourth-order valence-electron chi connectivity index (χ4n) is 2.25. The summed E-state index contributed by atoms with van der Waals surface area (Å²) in [5.74, 6) is -0.0530. The van der Waals surface area contributed by atoms with Crippen molar-refractivity contribution < 1.29 is 9.53 Å². The van der Waals surface area contributed by atoms with Gasteiger partial charge in [-0.05, 0) is 36.4 Å². The number of nitrogens with zero attached hydrogens (tertiary/aromatic N) is 2. The zero-order valence-corrected chi connectivity index (χ0v) is 13.5. The van der Waals surface area contributed by atoms with Gasteiger partial charge in [0.25, 0.3) is 5.91 Å². The zero-order chi connectivity index (χ0) is 15.4. The first-order valence-corrected chi connectivity index (χ1v) is 7.87. The highest BCUT2D eigenvalue weighted by Crippen LogP contribution is 2.20. The second-order valence-corrected chi connectivity index (χ2v) is 5.88. The maximum atomic E-state index is 12.4. The molecule has 0 unspecified atom stereocenters. The lowest BCUT2D eigenvalue weighted by atomic mass is 10.2. The molecule has 3 rings (SSSR count). The van der Waals surface area contributed by atoms with Gasteiger partial charge in [0.1, 0.15) is 5.69 Å². The number of hydrogen-bond donors (Lipinski definition) is 1. The molecular weight excluding hydrogens is 346 g/mol. The van der Waals surface area contributed by atoms with Crippen molar-refractivity contribution in [2.75, 3.05) is 31.6 Å². The van der Waals surface area contributed by atoms with Crippen LogP contribution in [0.2, 0.25) is 0 Å². The van der Waals surface area contributed by atoms with Gasteiger partial charge in [-0.3, -0.25) is 9.78 Å². The van der Waals surface area contributed by atoms with Crippen molar-refractivity contribution in [1.29, 1.82) is 0 Å². The summed E-state index contributed by atoms with van der Waals surface area (Å²) in [7, 11) is 0. The topological polar surface area (TPSA) is 54.5 Å². The van der Waals surface area contributed by atoms with Gasteiger partial charge in [-0.15, -0.1) is 0 Å². The van der Waals surface area contributed by atoms with Gasteiger partial charge in [0.05, 0.1) is 13.2 Å². The lowest BCUT2D eigenvalue weighted by molar-refractivity contribution is 0.0299. The van der Waals surface area contributed by atoms with E-state index in [0.29, 0.717) is 32.0 Å². The van der Waals surface area contributed by atoms with Crippen LogP contribution in [-0.4, -0.2) is 42.1 Å². The van der Waals surface area contributed by atoms with E-state index in [0.717, 1.165) is 15.8 Å². The summed E-state index contributed by atoms with van der Waals surface area (Å²) >= 11 is 3.41. The number of aromatic nitrogens is 1. The molecule has 1 amide bonds. The predicted molar refractivity (Wildman–Crippen MR) is 88.4 cm³/mol. The highest BCUT2D eigenvalue weighted by atomic mass is 79.9. The average Bonchev–Trinajstić information content (AvgIpc) is 2.57. The molecule has 114 valence electrons. The second-order valence-electron chi connectivity index (χ2n) is 4.97. The number of halogens is 1. The fourth-order valence-corrected chi connectivity index (χ4v) is 2.52. The average molecular weight is 362 g/mol. The van der Waals surface area contributed by atoms with Crippen LogP contribution in [0.5, 0.6) is 0 Å². The molecule has 2 heterocycles. The fraction of sp³-hybridized carbons (Fsp3) is 0.250. The lowest BCUT2D eigenvalue weighted by Gasteiger charge is -2.26. The maximum Gasteiger partial charge on any atom is 0.272 e. The van der Waals surface area contributed by atoms with E-state index in [9.17, 15) is 4.79 Å². The molecule has 0 atom stereocenters. The van der Waals surface area contributed by atoms with Crippen molar-refractivity contribution in [3.05, 3.63) is 52.8 Å². The van der Waals surface area contributed by atoms with Crippen molar-refractivity contribution in [3.8, 4) is 0 Å². The van der Waals surface area contributed by atoms with Gasteiger partial charge in [0.2, 0.25) is 0 Å². The van der Waals surface area contributed by atoms with E-state index < -0.39 is 0 Å². The number of rotatable bonds is 3. The largest absolute Gasteiger partial charge is 0.378 e. The molecule has 1 N–H and O–H groups in total. The van der Waals surface area contributed by atoms with E-state index in [2.05, 4.69) is 26.2 Å². The number of anilines is 2. The van der Waals surface area contributed by atoms with Gasteiger partial charge in [-0.2, -0.15) is 0 Å². The van der Waals surface area contributed by atoms with Crippen LogP contribution in [0.1, 0.15) is 10.5 Å². The van der Waals surface area contributed by atoms with Gasteiger partial charge < -0.3 is 15.0 Å². The molecule has 1 saturated heterocycles. The molecule has 1 aliphatic heterocycles. The third-order valence-electron chi connectivity index (χ3n) is 3.41. The number of ether oxygens (including phenoxy) is 1. The molecule has 1 aromatic carbocycles. The number of benzene rings is 1. The number of amides is 1. The second kappa shape index (κ2) is 6.89. The minimum atomic E-state index is -0.0530. The molecule has 22 heavy (non-hydrogen) atoms. The number of morpholine rings is 1. The minimum Gasteiger partial charge on any atom is -0.378 e. The van der Waals surface area contributed by atoms with Crippen LogP contribution in [0, 0.1) is 0 Å². The highest BCUT2D eigenvalue weighted by Gasteiger charge is 2.19. The molecular formula is C16H16BrN3O2. The van der Waals surface area contributed by atoms with Crippen LogP contribution >= 0.6 is 15.9 Å². The summed E-state index contributed by atoms with van der Waals surface area (Å²) < 4.78 is 6.29. The van der Waals surface area contributed by atoms with E-state index in [1.807, 2.05) is 30.3 Å². The van der Waals surface area contributed by atoms with Crippen LogP contribution in [0.3, 0.4) is 0 Å². The Morgan fingerprint density at radius 1 is 1.14 bits per heavy atom. The summed E-state index contributed by atoms with van der Waals surface area (Å²) in [6.45, 7) is 2.40. The third kappa shape index (κ3) is 3.64. The quantitative estimate of drug-likeness (QED) is 0.912. The number of hydrogen-bond acceptors (Lipinski definition) is 4. The van der Waals surface area contributed by atoms with E-state index in [-0.39, 0.29) is 5.91 Å². The first-order chi connectivity index (χ1) is 10.7. The molecule has 1 fully saturated rings. The van der Waals surface area contributed by atoms with Gasteiger partial charge in [-0.25, -0.2) is 0 Å². The van der Waals surface area contributed by atoms with Crippen LogP contribution in [0.4, 0.5) is 11.4 Å². The van der Waals surface area contributed by atoms with Crippen molar-refractivity contribution in [2.24, 2.45) is 0 Å². The first-order valence-electron chi connectivity index (χ1n) is 7.08. The van der Waals surface area contributed by atoms with Gasteiger partial charge in [0.15, 0.2) is 0 Å². The monoisotopic (exact) mass is 361 g/mol. The molecule has 1 aliphatic rings. The maximum absolute atomic E-state index is 12.4. The van der Waals surface area contributed by atoms with E-state index in [1.54, 1.807) is 17.2 Å². The minimum absolute atomic E-state index is 0.0530. The lowest BCUT2D eigenvalue weighted by Crippen LogP contribution is -2.41. The molecule has 0 bridgehead atoms. The molecule has 0 radical (unpaired) electrons. The van der Waals surface area contributed by atoms with Crippen molar-refractivity contribution in [2.45, 2.75) is 0 Å². The molecule has 2 aromatic rings. The molecule has 1 aromatic heterocycles. The Labute approximate surface area is 137 Å². The smallest absolute Gasteiger partial charge is 0.272 e. The van der Waals surface area contributed by atoms with Crippen molar-refractivity contribution >= 4 is 33.2 Å². The Morgan fingerprint density at radius 2 is 1.86 bits per heavy atom. The van der Waals surface area contributed by atoms with Crippen LogP contribution in [-0.2, 0) is 4.74 Å². The first kappa shape index (κ1) is 15.0. The van der Waals surface area contributed by atoms with Crippen LogP contribution in [0.25, 0.3) is 0 Å². The zero-order valence-electron chi connectivity index (χ0n) is 12.0. The Hall–Kier alpha value is -1.92. The summed E-state index contributed by atoms with van der Waals surface area (Å²) in [4.78, 5) is 18.4. The number of carbonyl (C=O) groups is 1. The normalized spacial score (nSPS) is 14.7. The van der Waals surface area contributed by atoms with E-state index in [1.165, 1.54) is 0 Å². The molecule has 6 heteroatoms. The molecule has 5 nitrogen and oxygen atoms in total. The Kier molecular flexibility index (Phi) is 4.70. The third-order valence-corrected chi connectivity index (χ3v) is 3.94. The predicted octanol–water partition coefficient (Wildman–Crippen LogP) is 3.06. The van der Waals surface area contributed by atoms with Gasteiger partial charge >= 0.3 is 0 Å². The summed E-state index contributed by atoms with van der Waals surface area (Å²) in [5.41, 5.74) is 2.25. The molecule has 0 saturated carbocycles. The Balaban J connectivity index is 1.74. The SMILES string of the molecule is O=C(c1cc(Nc2ccc(Br)cc2)ccn1)N1CCOCC1. The van der Waals surface area contributed by atoms with Crippen molar-refractivity contribution in [3.63, 3.8) is 0 Å².